The number of thiocarbonyl (C=S) groups is 1. The maximum atomic E-state index is 12.2. The fraction of sp³-hybridized carbons (Fsp3) is 0.0625. The smallest absolute Gasteiger partial charge is 0.311 e. The van der Waals surface area contributed by atoms with Crippen LogP contribution in [0.2, 0.25) is 5.02 Å². The molecule has 2 aromatic carbocycles. The average molecular weight is 409 g/mol. The zero-order chi connectivity index (χ0) is 20.0. The van der Waals surface area contributed by atoms with Crippen molar-refractivity contribution in [3.63, 3.8) is 0 Å². The van der Waals surface area contributed by atoms with Crippen molar-refractivity contribution >= 4 is 46.4 Å². The number of methoxy groups -OCH3 is 1. The Bertz CT molecular complexity index is 904. The number of ether oxygens (including phenoxy) is 1. The van der Waals surface area contributed by atoms with Gasteiger partial charge in [0.15, 0.2) is 10.9 Å². The summed E-state index contributed by atoms with van der Waals surface area (Å²) in [6.07, 6.45) is 0. The Morgan fingerprint density at radius 2 is 1.70 bits per heavy atom. The molecule has 0 bridgehead atoms. The maximum Gasteiger partial charge on any atom is 0.311 e. The van der Waals surface area contributed by atoms with Crippen molar-refractivity contribution in [3.8, 4) is 5.75 Å². The lowest BCUT2D eigenvalue weighted by molar-refractivity contribution is -0.385. The molecule has 2 aromatic rings. The molecule has 140 valence electrons. The Morgan fingerprint density at radius 3 is 2.30 bits per heavy atom. The van der Waals surface area contributed by atoms with E-state index in [1.165, 1.54) is 31.4 Å². The first-order chi connectivity index (χ1) is 12.8. The SMILES string of the molecule is COc1ccc(C(=O)NC(=S)NNC(=O)c2ccc(Cl)cc2)cc1[N+](=O)[O-]. The Labute approximate surface area is 163 Å². The van der Waals surface area contributed by atoms with Crippen molar-refractivity contribution < 1.29 is 19.2 Å². The average Bonchev–Trinajstić information content (AvgIpc) is 2.66. The number of benzene rings is 2. The van der Waals surface area contributed by atoms with Crippen LogP contribution in [0, 0.1) is 10.1 Å². The van der Waals surface area contributed by atoms with Crippen LogP contribution in [0.1, 0.15) is 20.7 Å². The molecule has 0 fully saturated rings. The zero-order valence-corrected chi connectivity index (χ0v) is 15.4. The van der Waals surface area contributed by atoms with Gasteiger partial charge in [-0.1, -0.05) is 11.6 Å². The van der Waals surface area contributed by atoms with E-state index >= 15 is 0 Å². The van der Waals surface area contributed by atoms with Gasteiger partial charge in [-0.3, -0.25) is 35.9 Å². The maximum absolute atomic E-state index is 12.2. The van der Waals surface area contributed by atoms with Gasteiger partial charge in [-0.2, -0.15) is 0 Å². The summed E-state index contributed by atoms with van der Waals surface area (Å²) in [5.74, 6) is -1.17. The van der Waals surface area contributed by atoms with Gasteiger partial charge < -0.3 is 4.74 Å². The van der Waals surface area contributed by atoms with Crippen molar-refractivity contribution in [1.29, 1.82) is 0 Å². The van der Waals surface area contributed by atoms with Crippen LogP contribution in [0.15, 0.2) is 42.5 Å². The second-order valence-corrected chi connectivity index (χ2v) is 5.86. The summed E-state index contributed by atoms with van der Waals surface area (Å²) < 4.78 is 4.87. The van der Waals surface area contributed by atoms with E-state index < -0.39 is 16.7 Å². The quantitative estimate of drug-likeness (QED) is 0.402. The van der Waals surface area contributed by atoms with Crippen LogP contribution in [-0.4, -0.2) is 29.0 Å². The lowest BCUT2D eigenvalue weighted by Gasteiger charge is -2.11. The van der Waals surface area contributed by atoms with Crippen LogP contribution in [0.25, 0.3) is 0 Å². The van der Waals surface area contributed by atoms with E-state index in [9.17, 15) is 19.7 Å². The molecule has 11 heteroatoms. The summed E-state index contributed by atoms with van der Waals surface area (Å²) in [5, 5.41) is 13.6. The topological polar surface area (TPSA) is 123 Å². The number of hydrogen-bond donors (Lipinski definition) is 3. The number of nitrogens with one attached hydrogen (secondary N) is 3. The standard InChI is InChI=1S/C16H13ClN4O5S/c1-26-13-7-4-10(8-12(13)21(24)25)14(22)18-16(27)20-19-15(23)9-2-5-11(17)6-3-9/h2-8H,1H3,(H,19,23)(H2,18,20,22,27). The van der Waals surface area contributed by atoms with Crippen molar-refractivity contribution in [3.05, 3.63) is 68.7 Å². The summed E-state index contributed by atoms with van der Waals surface area (Å²) in [6.45, 7) is 0. The number of rotatable bonds is 4. The number of nitrogens with zero attached hydrogens (tertiary/aromatic N) is 1. The summed E-state index contributed by atoms with van der Waals surface area (Å²) in [7, 11) is 1.28. The van der Waals surface area contributed by atoms with E-state index in [1.54, 1.807) is 12.1 Å². The largest absolute Gasteiger partial charge is 0.490 e. The molecule has 0 heterocycles. The van der Waals surface area contributed by atoms with Crippen LogP contribution >= 0.6 is 23.8 Å². The first-order valence-electron chi connectivity index (χ1n) is 7.31. The van der Waals surface area contributed by atoms with E-state index in [-0.39, 0.29) is 22.1 Å². The number of hydrazine groups is 1. The summed E-state index contributed by atoms with van der Waals surface area (Å²) in [6, 6.07) is 9.82. The van der Waals surface area contributed by atoms with Gasteiger partial charge in [0.1, 0.15) is 0 Å². The van der Waals surface area contributed by atoms with Crippen LogP contribution < -0.4 is 20.9 Å². The highest BCUT2D eigenvalue weighted by molar-refractivity contribution is 7.80. The molecule has 0 spiro atoms. The van der Waals surface area contributed by atoms with Gasteiger partial charge in [0.05, 0.1) is 12.0 Å². The fourth-order valence-corrected chi connectivity index (χ4v) is 2.24. The second-order valence-electron chi connectivity index (χ2n) is 5.01. The molecule has 0 atom stereocenters. The van der Waals surface area contributed by atoms with Crippen molar-refractivity contribution in [2.24, 2.45) is 0 Å². The second kappa shape index (κ2) is 8.92. The zero-order valence-electron chi connectivity index (χ0n) is 13.8. The van der Waals surface area contributed by atoms with Crippen molar-refractivity contribution in [1.82, 2.24) is 16.2 Å². The minimum atomic E-state index is -0.695. The van der Waals surface area contributed by atoms with Crippen LogP contribution in [0.3, 0.4) is 0 Å². The monoisotopic (exact) mass is 408 g/mol. The van der Waals surface area contributed by atoms with E-state index in [2.05, 4.69) is 16.2 Å². The molecule has 2 amide bonds. The van der Waals surface area contributed by atoms with Crippen LogP contribution in [0.4, 0.5) is 5.69 Å². The predicted octanol–water partition coefficient (Wildman–Crippen LogP) is 2.21. The van der Waals surface area contributed by atoms with Crippen molar-refractivity contribution in [2.45, 2.75) is 0 Å². The molecular weight excluding hydrogens is 396 g/mol. The molecule has 27 heavy (non-hydrogen) atoms. The van der Waals surface area contributed by atoms with Crippen molar-refractivity contribution in [2.75, 3.05) is 7.11 Å². The van der Waals surface area contributed by atoms with Crippen LogP contribution in [-0.2, 0) is 0 Å². The highest BCUT2D eigenvalue weighted by Crippen LogP contribution is 2.27. The number of nitro benzene ring substituents is 1. The number of carbonyl (C=O) groups is 2. The fourth-order valence-electron chi connectivity index (χ4n) is 1.97. The van der Waals surface area contributed by atoms with Gasteiger partial charge in [-0.05, 0) is 48.6 Å². The Morgan fingerprint density at radius 1 is 1.07 bits per heavy atom. The summed E-state index contributed by atoms with van der Waals surface area (Å²) in [4.78, 5) is 34.4. The third-order valence-electron chi connectivity index (χ3n) is 3.26. The molecule has 2 rings (SSSR count). The highest BCUT2D eigenvalue weighted by atomic mass is 35.5. The lowest BCUT2D eigenvalue weighted by Crippen LogP contribution is -2.48. The number of amides is 2. The first kappa shape index (κ1) is 20.1. The molecule has 0 aromatic heterocycles. The molecule has 3 N–H and O–H groups in total. The van der Waals surface area contributed by atoms with E-state index in [1.807, 2.05) is 0 Å². The minimum Gasteiger partial charge on any atom is -0.490 e. The van der Waals surface area contributed by atoms with Gasteiger partial charge >= 0.3 is 5.69 Å². The van der Waals surface area contributed by atoms with Gasteiger partial charge in [0.2, 0.25) is 0 Å². The third-order valence-corrected chi connectivity index (χ3v) is 3.72. The van der Waals surface area contributed by atoms with E-state index in [4.69, 9.17) is 28.6 Å². The van der Waals surface area contributed by atoms with Crippen LogP contribution in [0.5, 0.6) is 5.75 Å². The first-order valence-corrected chi connectivity index (χ1v) is 8.10. The molecule has 0 saturated carbocycles. The molecular formula is C16H13ClN4O5S. The molecule has 0 radical (unpaired) electrons. The minimum absolute atomic E-state index is 0.00400. The molecule has 9 nitrogen and oxygen atoms in total. The number of halogens is 1. The third kappa shape index (κ3) is 5.36. The summed E-state index contributed by atoms with van der Waals surface area (Å²) in [5.41, 5.74) is 4.63. The summed E-state index contributed by atoms with van der Waals surface area (Å²) >= 11 is 10.7. The molecule has 0 aliphatic heterocycles. The van der Waals surface area contributed by atoms with Gasteiger partial charge in [-0.15, -0.1) is 0 Å². The van der Waals surface area contributed by atoms with E-state index in [0.717, 1.165) is 6.07 Å². The molecule has 0 unspecified atom stereocenters. The normalized spacial score (nSPS) is 9.85. The number of nitro groups is 1. The lowest BCUT2D eigenvalue weighted by atomic mass is 10.2. The molecule has 0 aliphatic rings. The number of hydrogen-bond acceptors (Lipinski definition) is 6. The number of carbonyl (C=O) groups excluding carboxylic acids is 2. The van der Waals surface area contributed by atoms with Gasteiger partial charge in [-0.25, -0.2) is 0 Å². The Kier molecular flexibility index (Phi) is 6.63. The predicted molar refractivity (Wildman–Crippen MR) is 102 cm³/mol. The van der Waals surface area contributed by atoms with Gasteiger partial charge in [0.25, 0.3) is 11.8 Å². The molecule has 0 saturated heterocycles. The highest BCUT2D eigenvalue weighted by Gasteiger charge is 2.18. The molecule has 0 aliphatic carbocycles. The van der Waals surface area contributed by atoms with Gasteiger partial charge in [0, 0.05) is 22.2 Å². The Balaban J connectivity index is 1.96. The Hall–Kier alpha value is -3.24. The van der Waals surface area contributed by atoms with E-state index in [0.29, 0.717) is 10.6 Å².